The highest BCUT2D eigenvalue weighted by Crippen LogP contribution is 2.22. The minimum absolute atomic E-state index is 0.642. The lowest BCUT2D eigenvalue weighted by Gasteiger charge is -2.24. The van der Waals surface area contributed by atoms with Gasteiger partial charge in [0.2, 0.25) is 0 Å². The maximum atomic E-state index is 2.48. The van der Waals surface area contributed by atoms with E-state index in [0.29, 0.717) is 5.92 Å². The molecule has 1 heteroatoms. The standard InChI is InChI=1S/C16H23N/c1-14(16-6-4-3-5-7-16)8-9-15-10-12-17(2)13-11-15/h3-7,9,14H,8,10-13H2,1-2H3. The number of hydrogen-bond donors (Lipinski definition) is 0. The number of rotatable bonds is 3. The van der Waals surface area contributed by atoms with Crippen molar-refractivity contribution in [2.24, 2.45) is 0 Å². The lowest BCUT2D eigenvalue weighted by Crippen LogP contribution is -2.26. The van der Waals surface area contributed by atoms with Crippen LogP contribution < -0.4 is 0 Å². The minimum Gasteiger partial charge on any atom is -0.306 e. The van der Waals surface area contributed by atoms with Gasteiger partial charge in [-0.1, -0.05) is 48.9 Å². The van der Waals surface area contributed by atoms with Crippen LogP contribution in [0.25, 0.3) is 0 Å². The van der Waals surface area contributed by atoms with Gasteiger partial charge in [0.25, 0.3) is 0 Å². The molecule has 1 heterocycles. The molecule has 1 fully saturated rings. The summed E-state index contributed by atoms with van der Waals surface area (Å²) in [7, 11) is 2.21. The van der Waals surface area contributed by atoms with E-state index in [-0.39, 0.29) is 0 Å². The second-order valence-electron chi connectivity index (χ2n) is 5.21. The summed E-state index contributed by atoms with van der Waals surface area (Å²) in [6.45, 7) is 4.78. The zero-order chi connectivity index (χ0) is 12.1. The molecule has 1 aliphatic heterocycles. The molecule has 2 rings (SSSR count). The van der Waals surface area contributed by atoms with Crippen LogP contribution in [0.3, 0.4) is 0 Å². The van der Waals surface area contributed by atoms with Crippen molar-refractivity contribution in [1.82, 2.24) is 4.90 Å². The van der Waals surface area contributed by atoms with Crippen molar-refractivity contribution in [3.8, 4) is 0 Å². The van der Waals surface area contributed by atoms with Crippen molar-refractivity contribution in [2.45, 2.75) is 32.1 Å². The van der Waals surface area contributed by atoms with Gasteiger partial charge in [0.1, 0.15) is 0 Å². The third kappa shape index (κ3) is 3.71. The number of likely N-dealkylation sites (tertiary alicyclic amines) is 1. The molecule has 1 aromatic rings. The number of benzene rings is 1. The molecule has 0 aliphatic carbocycles. The smallest absolute Gasteiger partial charge is 0.00157 e. The van der Waals surface area contributed by atoms with Crippen molar-refractivity contribution in [3.05, 3.63) is 47.5 Å². The van der Waals surface area contributed by atoms with Gasteiger partial charge in [0.05, 0.1) is 0 Å². The monoisotopic (exact) mass is 229 g/mol. The molecule has 1 aliphatic rings. The lowest BCUT2D eigenvalue weighted by atomic mass is 9.94. The van der Waals surface area contributed by atoms with Gasteiger partial charge >= 0.3 is 0 Å². The Hall–Kier alpha value is -1.08. The van der Waals surface area contributed by atoms with E-state index >= 15 is 0 Å². The van der Waals surface area contributed by atoms with Gasteiger partial charge in [-0.2, -0.15) is 0 Å². The summed E-state index contributed by atoms with van der Waals surface area (Å²) in [4.78, 5) is 2.41. The minimum atomic E-state index is 0.642. The topological polar surface area (TPSA) is 3.24 Å². The van der Waals surface area contributed by atoms with Crippen molar-refractivity contribution < 1.29 is 0 Å². The van der Waals surface area contributed by atoms with Crippen molar-refractivity contribution in [2.75, 3.05) is 20.1 Å². The maximum Gasteiger partial charge on any atom is 0.00157 e. The van der Waals surface area contributed by atoms with E-state index in [1.807, 2.05) is 0 Å². The van der Waals surface area contributed by atoms with Gasteiger partial charge in [-0.25, -0.2) is 0 Å². The Kier molecular flexibility index (Phi) is 4.38. The zero-order valence-corrected chi connectivity index (χ0v) is 11.0. The first-order valence-corrected chi connectivity index (χ1v) is 6.67. The summed E-state index contributed by atoms with van der Waals surface area (Å²) >= 11 is 0. The van der Waals surface area contributed by atoms with E-state index in [4.69, 9.17) is 0 Å². The quantitative estimate of drug-likeness (QED) is 0.712. The molecule has 17 heavy (non-hydrogen) atoms. The van der Waals surface area contributed by atoms with Gasteiger partial charge < -0.3 is 4.90 Å². The molecule has 1 saturated heterocycles. The van der Waals surface area contributed by atoms with Gasteiger partial charge in [-0.3, -0.25) is 0 Å². The molecular weight excluding hydrogens is 206 g/mol. The molecule has 0 radical (unpaired) electrons. The second kappa shape index (κ2) is 6.02. The molecule has 0 N–H and O–H groups in total. The van der Waals surface area contributed by atoms with Crippen LogP contribution in [0.4, 0.5) is 0 Å². The number of nitrogens with zero attached hydrogens (tertiary/aromatic N) is 1. The van der Waals surface area contributed by atoms with Crippen LogP contribution in [-0.4, -0.2) is 25.0 Å². The summed E-state index contributed by atoms with van der Waals surface area (Å²) in [6, 6.07) is 10.8. The number of piperidine rings is 1. The maximum absolute atomic E-state index is 2.48. The Morgan fingerprint density at radius 3 is 2.47 bits per heavy atom. The van der Waals surface area contributed by atoms with Gasteiger partial charge in [0, 0.05) is 13.1 Å². The molecule has 1 nitrogen and oxygen atoms in total. The summed E-state index contributed by atoms with van der Waals surface area (Å²) in [5.74, 6) is 0.642. The van der Waals surface area contributed by atoms with Crippen LogP contribution in [0, 0.1) is 0 Å². The molecule has 0 saturated carbocycles. The van der Waals surface area contributed by atoms with Gasteiger partial charge in [0.15, 0.2) is 0 Å². The Labute approximate surface area is 105 Å². The number of allylic oxidation sites excluding steroid dienone is 1. The van der Waals surface area contributed by atoms with Gasteiger partial charge in [-0.15, -0.1) is 0 Å². The van der Waals surface area contributed by atoms with Gasteiger partial charge in [-0.05, 0) is 37.8 Å². The Bertz CT molecular complexity index is 356. The predicted octanol–water partition coefficient (Wildman–Crippen LogP) is 3.83. The molecule has 1 unspecified atom stereocenters. The molecular formula is C16H23N. The Morgan fingerprint density at radius 2 is 1.82 bits per heavy atom. The highest BCUT2D eigenvalue weighted by molar-refractivity contribution is 5.20. The first-order valence-electron chi connectivity index (χ1n) is 6.67. The van der Waals surface area contributed by atoms with Crippen LogP contribution in [0.2, 0.25) is 0 Å². The van der Waals surface area contributed by atoms with Crippen LogP contribution in [0.1, 0.15) is 37.7 Å². The van der Waals surface area contributed by atoms with Crippen LogP contribution >= 0.6 is 0 Å². The first kappa shape index (κ1) is 12.4. The lowest BCUT2D eigenvalue weighted by molar-refractivity contribution is 0.312. The zero-order valence-electron chi connectivity index (χ0n) is 11.0. The van der Waals surface area contributed by atoms with E-state index in [1.54, 1.807) is 5.57 Å². The Morgan fingerprint density at radius 1 is 1.18 bits per heavy atom. The molecule has 92 valence electrons. The third-order valence-corrected chi connectivity index (χ3v) is 3.76. The first-order chi connectivity index (χ1) is 8.25. The largest absolute Gasteiger partial charge is 0.306 e. The van der Waals surface area contributed by atoms with Crippen molar-refractivity contribution in [3.63, 3.8) is 0 Å². The SMILES string of the molecule is CC(CC=C1CCN(C)CC1)c1ccccc1. The average Bonchev–Trinajstić information content (AvgIpc) is 2.39. The van der Waals surface area contributed by atoms with E-state index in [1.165, 1.54) is 37.9 Å². The predicted molar refractivity (Wildman–Crippen MR) is 74.3 cm³/mol. The molecule has 1 aromatic carbocycles. The molecule has 0 spiro atoms. The summed E-state index contributed by atoms with van der Waals surface area (Å²) in [5, 5.41) is 0. The third-order valence-electron chi connectivity index (χ3n) is 3.76. The van der Waals surface area contributed by atoms with Crippen LogP contribution in [0.15, 0.2) is 42.0 Å². The van der Waals surface area contributed by atoms with E-state index < -0.39 is 0 Å². The molecule has 0 bridgehead atoms. The fourth-order valence-corrected chi connectivity index (χ4v) is 2.37. The van der Waals surface area contributed by atoms with Crippen molar-refractivity contribution >= 4 is 0 Å². The molecule has 0 aromatic heterocycles. The summed E-state index contributed by atoms with van der Waals surface area (Å²) in [5.41, 5.74) is 3.11. The van der Waals surface area contributed by atoms with Crippen LogP contribution in [-0.2, 0) is 0 Å². The number of hydrogen-bond acceptors (Lipinski definition) is 1. The fraction of sp³-hybridized carbons (Fsp3) is 0.500. The van der Waals surface area contributed by atoms with E-state index in [9.17, 15) is 0 Å². The van der Waals surface area contributed by atoms with Crippen LogP contribution in [0.5, 0.6) is 0 Å². The van der Waals surface area contributed by atoms with Crippen molar-refractivity contribution in [1.29, 1.82) is 0 Å². The fourth-order valence-electron chi connectivity index (χ4n) is 2.37. The highest BCUT2D eigenvalue weighted by Gasteiger charge is 2.10. The molecule has 0 amide bonds. The summed E-state index contributed by atoms with van der Waals surface area (Å²) < 4.78 is 0. The Balaban J connectivity index is 1.87. The average molecular weight is 229 g/mol. The highest BCUT2D eigenvalue weighted by atomic mass is 15.1. The normalized spacial score (nSPS) is 19.1. The molecule has 1 atom stereocenters. The summed E-state index contributed by atoms with van der Waals surface area (Å²) in [6.07, 6.45) is 6.18. The second-order valence-corrected chi connectivity index (χ2v) is 5.21. The van der Waals surface area contributed by atoms with E-state index in [2.05, 4.69) is 55.3 Å². The van der Waals surface area contributed by atoms with E-state index in [0.717, 1.165) is 0 Å².